The van der Waals surface area contributed by atoms with Gasteiger partial charge in [0.15, 0.2) is 0 Å². The molecule has 0 saturated carbocycles. The number of cyclic esters (lactones) is 2. The lowest BCUT2D eigenvalue weighted by Crippen LogP contribution is -2.42. The van der Waals surface area contributed by atoms with E-state index in [0.29, 0.717) is 0 Å². The van der Waals surface area contributed by atoms with Crippen LogP contribution in [0, 0.1) is 11.8 Å². The number of aryl methyl sites for hydroxylation is 1. The van der Waals surface area contributed by atoms with Crippen LogP contribution in [0.2, 0.25) is 0 Å². The third kappa shape index (κ3) is 5.38. The van der Waals surface area contributed by atoms with Crippen molar-refractivity contribution in [2.75, 3.05) is 0 Å². The quantitative estimate of drug-likeness (QED) is 0.349. The third-order valence-electron chi connectivity index (χ3n) is 5.52. The molecule has 0 aromatic heterocycles. The fraction of sp³-hybridized carbons (Fsp3) is 0.385. The molecule has 158 valence electrons. The van der Waals surface area contributed by atoms with Gasteiger partial charge in [-0.3, -0.25) is 0 Å². The van der Waals surface area contributed by atoms with Crippen LogP contribution in [0.5, 0.6) is 0 Å². The number of hydrogen-bond donors (Lipinski definition) is 0. The van der Waals surface area contributed by atoms with Crippen molar-refractivity contribution in [3.8, 4) is 0 Å². The van der Waals surface area contributed by atoms with Gasteiger partial charge in [0.05, 0.1) is 0 Å². The monoisotopic (exact) mass is 406 g/mol. The van der Waals surface area contributed by atoms with Crippen molar-refractivity contribution in [3.05, 3.63) is 83.4 Å². The molecule has 4 heteroatoms. The number of ether oxygens (including phenoxy) is 2. The molecular weight excluding hydrogens is 376 g/mol. The van der Waals surface area contributed by atoms with E-state index in [0.717, 1.165) is 12.8 Å². The van der Waals surface area contributed by atoms with Gasteiger partial charge in [0, 0.05) is 13.8 Å². The third-order valence-corrected chi connectivity index (χ3v) is 5.52. The highest BCUT2D eigenvalue weighted by atomic mass is 16.7. The summed E-state index contributed by atoms with van der Waals surface area (Å²) in [6.45, 7) is 7.35. The van der Waals surface area contributed by atoms with Crippen LogP contribution in [0.15, 0.2) is 72.3 Å². The lowest BCUT2D eigenvalue weighted by Gasteiger charge is -2.32. The Labute approximate surface area is 178 Å². The Morgan fingerprint density at radius 1 is 0.867 bits per heavy atom. The van der Waals surface area contributed by atoms with Gasteiger partial charge in [-0.05, 0) is 41.7 Å². The number of allylic oxidation sites excluding steroid dienone is 1. The van der Waals surface area contributed by atoms with Gasteiger partial charge < -0.3 is 9.47 Å². The Bertz CT molecular complexity index is 875. The van der Waals surface area contributed by atoms with Crippen LogP contribution in [-0.2, 0) is 25.5 Å². The number of esters is 2. The summed E-state index contributed by atoms with van der Waals surface area (Å²) in [6.07, 6.45) is 3.58. The van der Waals surface area contributed by atoms with Gasteiger partial charge in [0.25, 0.3) is 5.79 Å². The summed E-state index contributed by atoms with van der Waals surface area (Å²) in [7, 11) is 0. The van der Waals surface area contributed by atoms with Crippen molar-refractivity contribution in [1.82, 2.24) is 0 Å². The lowest BCUT2D eigenvalue weighted by molar-refractivity contribution is -0.222. The molecule has 1 saturated heterocycles. The second kappa shape index (κ2) is 9.29. The molecular formula is C26H30O4. The lowest BCUT2D eigenvalue weighted by atomic mass is 9.75. The summed E-state index contributed by atoms with van der Waals surface area (Å²) in [5.74, 6) is -2.12. The first-order valence-electron chi connectivity index (χ1n) is 10.5. The Morgan fingerprint density at radius 2 is 1.40 bits per heavy atom. The minimum Gasteiger partial charge on any atom is -0.419 e. The van der Waals surface area contributed by atoms with Gasteiger partial charge in [-0.1, -0.05) is 80.6 Å². The fourth-order valence-corrected chi connectivity index (χ4v) is 4.01. The van der Waals surface area contributed by atoms with Crippen LogP contribution in [0.25, 0.3) is 0 Å². The maximum absolute atomic E-state index is 12.5. The summed E-state index contributed by atoms with van der Waals surface area (Å²) in [5, 5.41) is 0. The number of hydrogen-bond acceptors (Lipinski definition) is 4. The Hall–Kier alpha value is -2.88. The molecule has 3 rings (SSSR count). The Balaban J connectivity index is 1.93. The molecule has 0 spiro atoms. The van der Waals surface area contributed by atoms with Gasteiger partial charge in [-0.25, -0.2) is 9.59 Å². The minimum absolute atomic E-state index is 0.00586. The zero-order valence-electron chi connectivity index (χ0n) is 18.1. The molecule has 0 N–H and O–H groups in total. The zero-order valence-corrected chi connectivity index (χ0v) is 18.1. The summed E-state index contributed by atoms with van der Waals surface area (Å²) in [6, 6.07) is 20.6. The highest BCUT2D eigenvalue weighted by Gasteiger charge is 2.40. The molecule has 0 bridgehead atoms. The van der Waals surface area contributed by atoms with Crippen LogP contribution >= 0.6 is 0 Å². The predicted molar refractivity (Wildman–Crippen MR) is 117 cm³/mol. The predicted octanol–water partition coefficient (Wildman–Crippen LogP) is 5.44. The first-order chi connectivity index (χ1) is 14.3. The molecule has 0 radical (unpaired) electrons. The molecule has 4 nitrogen and oxygen atoms in total. The van der Waals surface area contributed by atoms with Crippen molar-refractivity contribution in [1.29, 1.82) is 0 Å². The van der Waals surface area contributed by atoms with Crippen molar-refractivity contribution in [2.24, 2.45) is 11.8 Å². The van der Waals surface area contributed by atoms with Crippen molar-refractivity contribution < 1.29 is 19.1 Å². The summed E-state index contributed by atoms with van der Waals surface area (Å²) >= 11 is 0. The normalized spacial score (nSPS) is 17.8. The van der Waals surface area contributed by atoms with E-state index >= 15 is 0 Å². The van der Waals surface area contributed by atoms with E-state index in [2.05, 4.69) is 38.1 Å². The number of rotatable bonds is 7. The molecule has 0 aliphatic carbocycles. The Kier molecular flexibility index (Phi) is 6.76. The van der Waals surface area contributed by atoms with E-state index in [4.69, 9.17) is 9.47 Å². The molecule has 1 fully saturated rings. The van der Waals surface area contributed by atoms with Gasteiger partial charge in [-0.15, -0.1) is 0 Å². The molecule has 2 aromatic rings. The molecule has 1 heterocycles. The van der Waals surface area contributed by atoms with E-state index < -0.39 is 17.7 Å². The van der Waals surface area contributed by atoms with E-state index in [-0.39, 0.29) is 23.3 Å². The maximum Gasteiger partial charge on any atom is 0.348 e. The summed E-state index contributed by atoms with van der Waals surface area (Å²) in [4.78, 5) is 25.1. The van der Waals surface area contributed by atoms with Crippen molar-refractivity contribution in [2.45, 2.75) is 52.2 Å². The first kappa shape index (κ1) is 21.8. The van der Waals surface area contributed by atoms with Crippen LogP contribution in [0.3, 0.4) is 0 Å². The molecule has 0 amide bonds. The zero-order chi connectivity index (χ0) is 21.7. The highest BCUT2D eigenvalue weighted by molar-refractivity contribution is 6.15. The Morgan fingerprint density at radius 3 is 1.93 bits per heavy atom. The second-order valence-electron chi connectivity index (χ2n) is 8.62. The van der Waals surface area contributed by atoms with Gasteiger partial charge >= 0.3 is 11.9 Å². The van der Waals surface area contributed by atoms with E-state index in [9.17, 15) is 9.59 Å². The van der Waals surface area contributed by atoms with Crippen molar-refractivity contribution >= 4 is 11.9 Å². The van der Waals surface area contributed by atoms with Crippen molar-refractivity contribution in [3.63, 3.8) is 0 Å². The highest BCUT2D eigenvalue weighted by Crippen LogP contribution is 2.37. The molecule has 2 aromatic carbocycles. The smallest absolute Gasteiger partial charge is 0.348 e. The fourth-order valence-electron chi connectivity index (χ4n) is 4.01. The minimum atomic E-state index is -1.23. The van der Waals surface area contributed by atoms with E-state index in [1.54, 1.807) is 19.9 Å². The van der Waals surface area contributed by atoms with Gasteiger partial charge in [0.1, 0.15) is 5.57 Å². The van der Waals surface area contributed by atoms with Crippen LogP contribution in [0.4, 0.5) is 0 Å². The standard InChI is InChI=1S/C26H30O4/c1-18(2)22(17-23-24(27)29-26(3,4)30-25(23)28)21(20-13-9-6-10-14-20)16-15-19-11-7-5-8-12-19/h5-14,17-18,21-22H,15-16H2,1-4H3/t21?,22-/m0/s1. The molecule has 2 atom stereocenters. The van der Waals surface area contributed by atoms with E-state index in [1.807, 2.05) is 36.4 Å². The maximum atomic E-state index is 12.5. The average molecular weight is 407 g/mol. The number of carbonyl (C=O) groups is 2. The number of benzene rings is 2. The van der Waals surface area contributed by atoms with Crippen LogP contribution in [-0.4, -0.2) is 17.7 Å². The summed E-state index contributed by atoms with van der Waals surface area (Å²) in [5.41, 5.74) is 2.46. The van der Waals surface area contributed by atoms with Gasteiger partial charge in [0.2, 0.25) is 0 Å². The SMILES string of the molecule is CC(C)[C@H](C=C1C(=O)OC(C)(C)OC1=O)C(CCc1ccccc1)c1ccccc1. The molecule has 1 aliphatic heterocycles. The number of carbonyl (C=O) groups excluding carboxylic acids is 2. The van der Waals surface area contributed by atoms with Gasteiger partial charge in [-0.2, -0.15) is 0 Å². The van der Waals surface area contributed by atoms with Crippen LogP contribution in [0.1, 0.15) is 51.2 Å². The molecule has 1 aliphatic rings. The largest absolute Gasteiger partial charge is 0.419 e. The van der Waals surface area contributed by atoms with E-state index in [1.165, 1.54) is 11.1 Å². The summed E-state index contributed by atoms with van der Waals surface area (Å²) < 4.78 is 10.6. The first-order valence-corrected chi connectivity index (χ1v) is 10.5. The molecule has 1 unspecified atom stereocenters. The van der Waals surface area contributed by atoms with Crippen LogP contribution < -0.4 is 0 Å². The topological polar surface area (TPSA) is 52.6 Å². The average Bonchev–Trinajstić information content (AvgIpc) is 2.69. The molecule has 30 heavy (non-hydrogen) atoms. The second-order valence-corrected chi connectivity index (χ2v) is 8.62.